The number of carbonyl (C=O) groups excluding carboxylic acids is 2. The lowest BCUT2D eigenvalue weighted by atomic mass is 9.89. The lowest BCUT2D eigenvalue weighted by molar-refractivity contribution is -0.130. The number of nitrogens with zero attached hydrogens (tertiary/aromatic N) is 1. The second kappa shape index (κ2) is 4.31. The Kier molecular flexibility index (Phi) is 3.50. The summed E-state index contributed by atoms with van der Waals surface area (Å²) in [6, 6.07) is -0.0727. The molecule has 1 aliphatic rings. The number of hydrogen-bond acceptors (Lipinski definition) is 3. The number of hydrogen-bond donors (Lipinski definition) is 1. The van der Waals surface area contributed by atoms with Gasteiger partial charge in [-0.1, -0.05) is 0 Å². The number of rotatable bonds is 3. The van der Waals surface area contributed by atoms with Gasteiger partial charge >= 0.3 is 0 Å². The number of carbonyl (C=O) groups is 2. The third-order valence-corrected chi connectivity index (χ3v) is 3.41. The summed E-state index contributed by atoms with van der Waals surface area (Å²) in [7, 11) is 1.66. The van der Waals surface area contributed by atoms with Gasteiger partial charge in [-0.25, -0.2) is 0 Å². The molecule has 1 saturated heterocycles. The van der Waals surface area contributed by atoms with Crippen molar-refractivity contribution in [3.05, 3.63) is 0 Å². The third-order valence-electron chi connectivity index (χ3n) is 3.41. The molecule has 1 amide bonds. The van der Waals surface area contributed by atoms with Crippen LogP contribution in [0.1, 0.15) is 27.2 Å². The van der Waals surface area contributed by atoms with Crippen LogP contribution in [0.3, 0.4) is 0 Å². The van der Waals surface area contributed by atoms with Crippen molar-refractivity contribution in [1.29, 1.82) is 0 Å². The molecule has 0 aromatic carbocycles. The van der Waals surface area contributed by atoms with Crippen molar-refractivity contribution in [3.8, 4) is 0 Å². The van der Waals surface area contributed by atoms with Gasteiger partial charge in [0.1, 0.15) is 5.78 Å². The zero-order valence-corrected chi connectivity index (χ0v) is 9.96. The molecule has 2 atom stereocenters. The summed E-state index contributed by atoms with van der Waals surface area (Å²) in [6.07, 6.45) is 0.824. The van der Waals surface area contributed by atoms with Crippen molar-refractivity contribution >= 4 is 11.7 Å². The SMILES string of the molecule is CNC(=O)C1(C)CCN(C(C)C(C)=O)C1. The maximum absolute atomic E-state index is 11.7. The Morgan fingerprint density at radius 2 is 2.07 bits per heavy atom. The summed E-state index contributed by atoms with van der Waals surface area (Å²) in [4.78, 5) is 25.0. The highest BCUT2D eigenvalue weighted by atomic mass is 16.2. The lowest BCUT2D eigenvalue weighted by Crippen LogP contribution is -2.42. The summed E-state index contributed by atoms with van der Waals surface area (Å²) >= 11 is 0. The van der Waals surface area contributed by atoms with Crippen molar-refractivity contribution in [2.24, 2.45) is 5.41 Å². The molecule has 86 valence electrons. The molecule has 0 aromatic rings. The minimum atomic E-state index is -0.335. The number of likely N-dealkylation sites (tertiary alicyclic amines) is 1. The number of ketones is 1. The van der Waals surface area contributed by atoms with Crippen molar-refractivity contribution in [3.63, 3.8) is 0 Å². The molecule has 0 bridgehead atoms. The Morgan fingerprint density at radius 1 is 1.47 bits per heavy atom. The minimum Gasteiger partial charge on any atom is -0.359 e. The molecule has 2 unspecified atom stereocenters. The largest absolute Gasteiger partial charge is 0.359 e. The van der Waals surface area contributed by atoms with E-state index in [2.05, 4.69) is 10.2 Å². The van der Waals surface area contributed by atoms with Crippen LogP contribution in [0.15, 0.2) is 0 Å². The van der Waals surface area contributed by atoms with E-state index >= 15 is 0 Å². The predicted molar refractivity (Wildman–Crippen MR) is 58.5 cm³/mol. The maximum Gasteiger partial charge on any atom is 0.227 e. The van der Waals surface area contributed by atoms with E-state index in [-0.39, 0.29) is 23.1 Å². The standard InChI is InChI=1S/C11H20N2O2/c1-8(9(2)14)13-6-5-11(3,7-13)10(15)12-4/h8H,5-7H2,1-4H3,(H,12,15). The summed E-state index contributed by atoms with van der Waals surface area (Å²) in [5.74, 6) is 0.233. The van der Waals surface area contributed by atoms with Gasteiger partial charge in [0.05, 0.1) is 11.5 Å². The fraction of sp³-hybridized carbons (Fsp3) is 0.818. The normalized spacial score (nSPS) is 28.8. The van der Waals surface area contributed by atoms with Gasteiger partial charge in [0.2, 0.25) is 5.91 Å². The average Bonchev–Trinajstić information content (AvgIpc) is 2.59. The second-order valence-electron chi connectivity index (χ2n) is 4.65. The Morgan fingerprint density at radius 3 is 2.53 bits per heavy atom. The fourth-order valence-electron chi connectivity index (χ4n) is 2.07. The average molecular weight is 212 g/mol. The van der Waals surface area contributed by atoms with Crippen LogP contribution < -0.4 is 5.32 Å². The highest BCUT2D eigenvalue weighted by molar-refractivity contribution is 5.83. The molecule has 1 heterocycles. The van der Waals surface area contributed by atoms with E-state index in [0.29, 0.717) is 6.54 Å². The van der Waals surface area contributed by atoms with Crippen molar-refractivity contribution < 1.29 is 9.59 Å². The second-order valence-corrected chi connectivity index (χ2v) is 4.65. The Balaban J connectivity index is 2.66. The Bertz CT molecular complexity index is 278. The van der Waals surface area contributed by atoms with Gasteiger partial charge in [-0.3, -0.25) is 14.5 Å². The van der Waals surface area contributed by atoms with Crippen molar-refractivity contribution in [2.75, 3.05) is 20.1 Å². The van der Waals surface area contributed by atoms with Gasteiger partial charge < -0.3 is 5.32 Å². The van der Waals surface area contributed by atoms with Crippen LogP contribution in [0.5, 0.6) is 0 Å². The van der Waals surface area contributed by atoms with E-state index in [1.165, 1.54) is 0 Å². The first-order valence-electron chi connectivity index (χ1n) is 5.37. The number of amides is 1. The van der Waals surface area contributed by atoms with Crippen LogP contribution in [-0.4, -0.2) is 42.8 Å². The molecule has 0 radical (unpaired) electrons. The predicted octanol–water partition coefficient (Wildman–Crippen LogP) is 0.422. The van der Waals surface area contributed by atoms with Crippen LogP contribution in [0.2, 0.25) is 0 Å². The van der Waals surface area contributed by atoms with Gasteiger partial charge in [-0.2, -0.15) is 0 Å². The molecule has 1 fully saturated rings. The maximum atomic E-state index is 11.7. The Hall–Kier alpha value is -0.900. The third kappa shape index (κ3) is 2.37. The van der Waals surface area contributed by atoms with Gasteiger partial charge in [0.25, 0.3) is 0 Å². The van der Waals surface area contributed by atoms with E-state index in [9.17, 15) is 9.59 Å². The first kappa shape index (κ1) is 12.2. The highest BCUT2D eigenvalue weighted by Crippen LogP contribution is 2.31. The van der Waals surface area contributed by atoms with Gasteiger partial charge in [-0.05, 0) is 33.7 Å². The van der Waals surface area contributed by atoms with Crippen LogP contribution in [0, 0.1) is 5.41 Å². The minimum absolute atomic E-state index is 0.0701. The molecular formula is C11H20N2O2. The summed E-state index contributed by atoms with van der Waals surface area (Å²) < 4.78 is 0. The molecule has 15 heavy (non-hydrogen) atoms. The molecule has 0 spiro atoms. The Labute approximate surface area is 91.0 Å². The first-order valence-corrected chi connectivity index (χ1v) is 5.37. The van der Waals surface area contributed by atoms with Crippen LogP contribution >= 0.6 is 0 Å². The van der Waals surface area contributed by atoms with Gasteiger partial charge in [-0.15, -0.1) is 0 Å². The zero-order valence-electron chi connectivity index (χ0n) is 9.96. The quantitative estimate of drug-likeness (QED) is 0.737. The van der Waals surface area contributed by atoms with Crippen LogP contribution in [0.4, 0.5) is 0 Å². The molecule has 0 aliphatic carbocycles. The van der Waals surface area contributed by atoms with Crippen molar-refractivity contribution in [1.82, 2.24) is 10.2 Å². The number of nitrogens with one attached hydrogen (secondary N) is 1. The molecule has 1 N–H and O–H groups in total. The van der Waals surface area contributed by atoms with Gasteiger partial charge in [0, 0.05) is 13.6 Å². The zero-order chi connectivity index (χ0) is 11.6. The number of Topliss-reactive ketones (excluding diaryl/α,β-unsaturated/α-hetero) is 1. The monoisotopic (exact) mass is 212 g/mol. The van der Waals surface area contributed by atoms with E-state index in [4.69, 9.17) is 0 Å². The first-order chi connectivity index (χ1) is 6.90. The van der Waals surface area contributed by atoms with E-state index < -0.39 is 0 Å². The van der Waals surface area contributed by atoms with Gasteiger partial charge in [0.15, 0.2) is 0 Å². The highest BCUT2D eigenvalue weighted by Gasteiger charge is 2.41. The molecular weight excluding hydrogens is 192 g/mol. The van der Waals surface area contributed by atoms with E-state index in [1.54, 1.807) is 14.0 Å². The molecule has 1 aliphatic heterocycles. The molecule has 1 rings (SSSR count). The smallest absolute Gasteiger partial charge is 0.227 e. The van der Waals surface area contributed by atoms with Crippen LogP contribution in [0.25, 0.3) is 0 Å². The molecule has 0 saturated carbocycles. The van der Waals surface area contributed by atoms with Crippen molar-refractivity contribution in [2.45, 2.75) is 33.2 Å². The van der Waals surface area contributed by atoms with Crippen LogP contribution in [-0.2, 0) is 9.59 Å². The van der Waals surface area contributed by atoms with E-state index in [1.807, 2.05) is 13.8 Å². The molecule has 4 heteroatoms. The van der Waals surface area contributed by atoms with E-state index in [0.717, 1.165) is 13.0 Å². The fourth-order valence-corrected chi connectivity index (χ4v) is 2.07. The summed E-state index contributed by atoms with van der Waals surface area (Å²) in [6.45, 7) is 6.95. The topological polar surface area (TPSA) is 49.4 Å². The summed E-state index contributed by atoms with van der Waals surface area (Å²) in [5, 5.41) is 2.69. The molecule has 0 aromatic heterocycles. The molecule has 4 nitrogen and oxygen atoms in total. The summed E-state index contributed by atoms with van der Waals surface area (Å²) in [5.41, 5.74) is -0.335. The lowest BCUT2D eigenvalue weighted by Gasteiger charge is -2.25.